The van der Waals surface area contributed by atoms with Gasteiger partial charge in [0.2, 0.25) is 0 Å². The molecular weight excluding hydrogens is 300 g/mol. The van der Waals surface area contributed by atoms with Crippen molar-refractivity contribution in [2.45, 2.75) is 41.2 Å². The Morgan fingerprint density at radius 3 is 2.67 bits per heavy atom. The molecule has 2 fully saturated rings. The minimum Gasteiger partial charge on any atom is -0.347 e. The van der Waals surface area contributed by atoms with Crippen LogP contribution in [0.1, 0.15) is 19.3 Å². The van der Waals surface area contributed by atoms with Gasteiger partial charge >= 0.3 is 0 Å². The van der Waals surface area contributed by atoms with Crippen molar-refractivity contribution in [3.63, 3.8) is 0 Å². The van der Waals surface area contributed by atoms with E-state index in [4.69, 9.17) is 15.2 Å². The molecule has 1 aromatic rings. The topological polar surface area (TPSA) is 61.6 Å². The smallest absolute Gasteiger partial charge is 0.169 e. The van der Waals surface area contributed by atoms with Crippen molar-refractivity contribution in [2.75, 3.05) is 13.2 Å². The molecular formula is C14H17F2NO3S. The van der Waals surface area contributed by atoms with E-state index in [1.165, 1.54) is 6.07 Å². The standard InChI is InChI=1S/C14H17F2NO3S/c15-9-1-2-12(10(16)7-9)21(18)13-8-14(4-3-11(13)17)19-5-6-20-14/h1-2,7,11,13H,3-6,8,17H2. The fourth-order valence-corrected chi connectivity index (χ4v) is 4.57. The van der Waals surface area contributed by atoms with Crippen LogP contribution in [0.4, 0.5) is 8.78 Å². The second-order valence-electron chi connectivity index (χ2n) is 5.42. The number of rotatable bonds is 2. The fourth-order valence-electron chi connectivity index (χ4n) is 2.93. The average molecular weight is 317 g/mol. The number of ether oxygens (including phenoxy) is 2. The van der Waals surface area contributed by atoms with Crippen LogP contribution >= 0.6 is 0 Å². The van der Waals surface area contributed by atoms with Crippen LogP contribution in [0.25, 0.3) is 0 Å². The van der Waals surface area contributed by atoms with Gasteiger partial charge in [-0.15, -0.1) is 0 Å². The molecule has 0 bridgehead atoms. The zero-order valence-corrected chi connectivity index (χ0v) is 12.2. The first-order valence-electron chi connectivity index (χ1n) is 6.90. The summed E-state index contributed by atoms with van der Waals surface area (Å²) in [4.78, 5) is -0.0214. The monoisotopic (exact) mass is 317 g/mol. The van der Waals surface area contributed by atoms with E-state index >= 15 is 0 Å². The third kappa shape index (κ3) is 2.88. The lowest BCUT2D eigenvalue weighted by molar-refractivity contribution is -0.177. The first kappa shape index (κ1) is 15.0. The molecule has 21 heavy (non-hydrogen) atoms. The molecule has 1 saturated carbocycles. The van der Waals surface area contributed by atoms with Gasteiger partial charge in [-0.05, 0) is 18.6 Å². The molecule has 116 valence electrons. The summed E-state index contributed by atoms with van der Waals surface area (Å²) < 4.78 is 50.7. The van der Waals surface area contributed by atoms with E-state index < -0.39 is 33.5 Å². The third-order valence-corrected chi connectivity index (χ3v) is 5.88. The average Bonchev–Trinajstić information content (AvgIpc) is 2.90. The number of hydrogen-bond donors (Lipinski definition) is 1. The van der Waals surface area contributed by atoms with E-state index in [0.29, 0.717) is 32.5 Å². The Hall–Kier alpha value is -0.890. The van der Waals surface area contributed by atoms with Crippen LogP contribution in [0.15, 0.2) is 23.1 Å². The van der Waals surface area contributed by atoms with Gasteiger partial charge in [0.05, 0.1) is 34.2 Å². The SMILES string of the molecule is NC1CCC2(CC1S(=O)c1ccc(F)cc1F)OCCO2. The highest BCUT2D eigenvalue weighted by Crippen LogP contribution is 2.38. The maximum Gasteiger partial charge on any atom is 0.169 e. The highest BCUT2D eigenvalue weighted by atomic mass is 32.2. The van der Waals surface area contributed by atoms with Gasteiger partial charge in [0.1, 0.15) is 11.6 Å². The molecule has 1 aliphatic heterocycles. The van der Waals surface area contributed by atoms with Gasteiger partial charge < -0.3 is 15.2 Å². The maximum atomic E-state index is 13.8. The van der Waals surface area contributed by atoms with E-state index in [-0.39, 0.29) is 10.9 Å². The second kappa shape index (κ2) is 5.72. The molecule has 0 radical (unpaired) electrons. The predicted octanol–water partition coefficient (Wildman–Crippen LogP) is 1.70. The molecule has 2 aliphatic rings. The van der Waals surface area contributed by atoms with Crippen LogP contribution in [-0.4, -0.2) is 34.5 Å². The Bertz CT molecular complexity index is 563. The Morgan fingerprint density at radius 1 is 1.29 bits per heavy atom. The van der Waals surface area contributed by atoms with Crippen LogP contribution in [-0.2, 0) is 20.3 Å². The van der Waals surface area contributed by atoms with Crippen molar-refractivity contribution >= 4 is 10.8 Å². The molecule has 4 nitrogen and oxygen atoms in total. The third-order valence-electron chi connectivity index (χ3n) is 4.05. The highest BCUT2D eigenvalue weighted by Gasteiger charge is 2.46. The molecule has 7 heteroatoms. The van der Waals surface area contributed by atoms with Crippen LogP contribution in [0.3, 0.4) is 0 Å². The maximum absolute atomic E-state index is 13.8. The molecule has 1 aliphatic carbocycles. The zero-order valence-electron chi connectivity index (χ0n) is 11.4. The zero-order chi connectivity index (χ0) is 15.0. The summed E-state index contributed by atoms with van der Waals surface area (Å²) in [5.41, 5.74) is 6.05. The Balaban J connectivity index is 1.85. The van der Waals surface area contributed by atoms with Crippen LogP contribution in [0, 0.1) is 11.6 Å². The molecule has 1 heterocycles. The largest absolute Gasteiger partial charge is 0.347 e. The molecule has 3 rings (SSSR count). The summed E-state index contributed by atoms with van der Waals surface area (Å²) in [6.45, 7) is 0.999. The number of hydrogen-bond acceptors (Lipinski definition) is 4. The number of nitrogens with two attached hydrogens (primary N) is 1. The summed E-state index contributed by atoms with van der Waals surface area (Å²) in [5, 5.41) is -0.475. The van der Waals surface area contributed by atoms with E-state index in [1.807, 2.05) is 0 Å². The number of benzene rings is 1. The van der Waals surface area contributed by atoms with E-state index in [1.54, 1.807) is 0 Å². The fraction of sp³-hybridized carbons (Fsp3) is 0.571. The molecule has 0 aromatic heterocycles. The van der Waals surface area contributed by atoms with Crippen LogP contribution in [0.2, 0.25) is 0 Å². The van der Waals surface area contributed by atoms with E-state index in [2.05, 4.69) is 0 Å². The molecule has 1 spiro atoms. The van der Waals surface area contributed by atoms with E-state index in [9.17, 15) is 13.0 Å². The summed E-state index contributed by atoms with van der Waals surface area (Å²) in [7, 11) is -1.67. The lowest BCUT2D eigenvalue weighted by atomic mass is 9.90. The normalized spacial score (nSPS) is 29.7. The van der Waals surface area contributed by atoms with Crippen molar-refractivity contribution in [3.8, 4) is 0 Å². The van der Waals surface area contributed by atoms with Gasteiger partial charge in [0, 0.05) is 24.9 Å². The van der Waals surface area contributed by atoms with Crippen molar-refractivity contribution < 1.29 is 22.5 Å². The van der Waals surface area contributed by atoms with Gasteiger partial charge in [0.15, 0.2) is 5.79 Å². The Morgan fingerprint density at radius 2 is 2.00 bits per heavy atom. The predicted molar refractivity (Wildman–Crippen MR) is 73.0 cm³/mol. The van der Waals surface area contributed by atoms with E-state index in [0.717, 1.165) is 12.1 Å². The Labute approximate surface area is 124 Å². The van der Waals surface area contributed by atoms with Crippen molar-refractivity contribution in [3.05, 3.63) is 29.8 Å². The molecule has 2 N–H and O–H groups in total. The highest BCUT2D eigenvalue weighted by molar-refractivity contribution is 7.85. The Kier molecular flexibility index (Phi) is 4.09. The minimum atomic E-state index is -1.67. The van der Waals surface area contributed by atoms with Crippen LogP contribution in [0.5, 0.6) is 0 Å². The van der Waals surface area contributed by atoms with Crippen LogP contribution < -0.4 is 5.73 Å². The summed E-state index contributed by atoms with van der Waals surface area (Å²) >= 11 is 0. The molecule has 1 saturated heterocycles. The molecule has 0 amide bonds. The van der Waals surface area contributed by atoms with Crippen molar-refractivity contribution in [2.24, 2.45) is 5.73 Å². The van der Waals surface area contributed by atoms with Gasteiger partial charge in [-0.2, -0.15) is 0 Å². The first-order chi connectivity index (χ1) is 10.0. The lowest BCUT2D eigenvalue weighted by Gasteiger charge is -2.39. The molecule has 3 unspecified atom stereocenters. The van der Waals surface area contributed by atoms with Crippen molar-refractivity contribution in [1.29, 1.82) is 0 Å². The summed E-state index contributed by atoms with van der Waals surface area (Å²) in [5.74, 6) is -2.25. The van der Waals surface area contributed by atoms with Gasteiger partial charge in [0.25, 0.3) is 0 Å². The van der Waals surface area contributed by atoms with Gasteiger partial charge in [-0.25, -0.2) is 8.78 Å². The summed E-state index contributed by atoms with van der Waals surface area (Å²) in [6, 6.07) is 2.72. The quantitative estimate of drug-likeness (QED) is 0.902. The minimum absolute atomic E-state index is 0.0214. The molecule has 3 atom stereocenters. The molecule has 1 aromatic carbocycles. The first-order valence-corrected chi connectivity index (χ1v) is 8.11. The van der Waals surface area contributed by atoms with Gasteiger partial charge in [-0.1, -0.05) is 0 Å². The number of halogens is 2. The van der Waals surface area contributed by atoms with Gasteiger partial charge in [-0.3, -0.25) is 4.21 Å². The van der Waals surface area contributed by atoms with Crippen molar-refractivity contribution in [1.82, 2.24) is 0 Å². The second-order valence-corrected chi connectivity index (χ2v) is 7.07. The lowest BCUT2D eigenvalue weighted by Crippen LogP contribution is -2.50. The summed E-state index contributed by atoms with van der Waals surface area (Å²) in [6.07, 6.45) is 1.60.